The van der Waals surface area contributed by atoms with Crippen molar-refractivity contribution in [2.75, 3.05) is 26.5 Å². The third kappa shape index (κ3) is 3.67. The fraction of sp³-hybridized carbons (Fsp3) is 0.667. The summed E-state index contributed by atoms with van der Waals surface area (Å²) in [4.78, 5) is 1.37. The van der Waals surface area contributed by atoms with E-state index in [0.717, 1.165) is 32.4 Å². The molecule has 0 radical (unpaired) electrons. The second-order valence-electron chi connectivity index (χ2n) is 3.65. The molecule has 1 unspecified atom stereocenters. The van der Waals surface area contributed by atoms with Crippen molar-refractivity contribution < 1.29 is 4.74 Å². The van der Waals surface area contributed by atoms with E-state index in [9.17, 15) is 0 Å². The van der Waals surface area contributed by atoms with Crippen molar-refractivity contribution >= 4 is 11.8 Å². The maximum absolute atomic E-state index is 5.87. The Kier molecular flexibility index (Phi) is 6.06. The van der Waals surface area contributed by atoms with E-state index in [-0.39, 0.29) is 6.10 Å². The normalized spacial score (nSPS) is 22.7. The van der Waals surface area contributed by atoms with E-state index in [0.29, 0.717) is 0 Å². The van der Waals surface area contributed by atoms with Gasteiger partial charge < -0.3 is 10.1 Å². The molecule has 0 saturated heterocycles. The summed E-state index contributed by atoms with van der Waals surface area (Å²) in [6.07, 6.45) is 7.65. The zero-order valence-corrected chi connectivity index (χ0v) is 10.5. The number of ether oxygens (including phenoxy) is 1. The first-order valence-corrected chi connectivity index (χ1v) is 6.71. The Hall–Kier alpha value is -0.250. The van der Waals surface area contributed by atoms with E-state index >= 15 is 0 Å². The van der Waals surface area contributed by atoms with Crippen LogP contribution in [0.4, 0.5) is 0 Å². The summed E-state index contributed by atoms with van der Waals surface area (Å²) >= 11 is 1.81. The fourth-order valence-corrected chi connectivity index (χ4v) is 2.75. The zero-order chi connectivity index (χ0) is 11.1. The van der Waals surface area contributed by atoms with Gasteiger partial charge in [0.2, 0.25) is 0 Å². The molecule has 0 spiro atoms. The molecule has 15 heavy (non-hydrogen) atoms. The molecule has 0 aromatic rings. The van der Waals surface area contributed by atoms with Gasteiger partial charge in [-0.15, -0.1) is 11.8 Å². The summed E-state index contributed by atoms with van der Waals surface area (Å²) in [5, 5.41) is 3.18. The molecule has 3 heteroatoms. The van der Waals surface area contributed by atoms with Crippen LogP contribution in [0.2, 0.25) is 0 Å². The Bertz CT molecular complexity index is 238. The minimum Gasteiger partial charge on any atom is -0.373 e. The van der Waals surface area contributed by atoms with Crippen LogP contribution in [0.15, 0.2) is 23.1 Å². The maximum Gasteiger partial charge on any atom is 0.0897 e. The van der Waals surface area contributed by atoms with Crippen molar-refractivity contribution in [3.05, 3.63) is 23.1 Å². The number of rotatable bonds is 5. The molecule has 0 fully saturated rings. The second kappa shape index (κ2) is 7.09. The topological polar surface area (TPSA) is 21.3 Å². The minimum absolute atomic E-state index is 0.267. The van der Waals surface area contributed by atoms with Crippen molar-refractivity contribution in [2.45, 2.75) is 25.4 Å². The first-order valence-electron chi connectivity index (χ1n) is 5.49. The van der Waals surface area contributed by atoms with Gasteiger partial charge in [0.1, 0.15) is 0 Å². The van der Waals surface area contributed by atoms with Gasteiger partial charge in [0.25, 0.3) is 0 Å². The molecule has 1 rings (SSSR count). The quantitative estimate of drug-likeness (QED) is 0.780. The Morgan fingerprint density at radius 1 is 1.67 bits per heavy atom. The summed E-state index contributed by atoms with van der Waals surface area (Å²) in [5.41, 5.74) is 1.38. The first kappa shape index (κ1) is 12.8. The van der Waals surface area contributed by atoms with Gasteiger partial charge in [0.15, 0.2) is 0 Å². The van der Waals surface area contributed by atoms with Gasteiger partial charge in [-0.3, -0.25) is 0 Å². The lowest BCUT2D eigenvalue weighted by atomic mass is 10.1. The molecule has 0 aromatic carbocycles. The standard InChI is InChI=1S/C12H21NOS/c1-4-10-6-5-9-14-11(7-8-13-2)12(10)15-3/h4,11,13H,1,5-9H2,2-3H3. The van der Waals surface area contributed by atoms with Crippen LogP contribution in [0.5, 0.6) is 0 Å². The molecule has 0 aromatic heterocycles. The third-order valence-corrected chi connectivity index (χ3v) is 3.61. The summed E-state index contributed by atoms with van der Waals surface area (Å²) in [7, 11) is 1.98. The van der Waals surface area contributed by atoms with Crippen LogP contribution in [0.25, 0.3) is 0 Å². The molecule has 1 aliphatic heterocycles. The van der Waals surface area contributed by atoms with Gasteiger partial charge in [0.05, 0.1) is 6.10 Å². The molecule has 0 bridgehead atoms. The third-order valence-electron chi connectivity index (χ3n) is 2.64. The van der Waals surface area contributed by atoms with Gasteiger partial charge in [0, 0.05) is 11.5 Å². The number of hydrogen-bond donors (Lipinski definition) is 1. The summed E-state index contributed by atoms with van der Waals surface area (Å²) < 4.78 is 5.87. The molecular weight excluding hydrogens is 206 g/mol. The Balaban J connectivity index is 2.75. The molecule has 1 N–H and O–H groups in total. The second-order valence-corrected chi connectivity index (χ2v) is 4.50. The number of allylic oxidation sites excluding steroid dienone is 2. The van der Waals surface area contributed by atoms with Crippen molar-refractivity contribution in [1.82, 2.24) is 5.32 Å². The van der Waals surface area contributed by atoms with Crippen molar-refractivity contribution in [3.8, 4) is 0 Å². The van der Waals surface area contributed by atoms with Crippen LogP contribution in [-0.2, 0) is 4.74 Å². The molecule has 86 valence electrons. The lowest BCUT2D eigenvalue weighted by molar-refractivity contribution is 0.0806. The number of thioether (sulfide) groups is 1. The lowest BCUT2D eigenvalue weighted by Crippen LogP contribution is -2.21. The van der Waals surface area contributed by atoms with Gasteiger partial charge in [-0.25, -0.2) is 0 Å². The zero-order valence-electron chi connectivity index (χ0n) is 9.71. The van der Waals surface area contributed by atoms with Crippen LogP contribution in [0, 0.1) is 0 Å². The number of hydrogen-bond acceptors (Lipinski definition) is 3. The predicted octanol–water partition coefficient (Wildman–Crippen LogP) is 2.58. The van der Waals surface area contributed by atoms with Crippen molar-refractivity contribution in [2.24, 2.45) is 0 Å². The predicted molar refractivity (Wildman–Crippen MR) is 68.3 cm³/mol. The molecule has 1 atom stereocenters. The Morgan fingerprint density at radius 3 is 3.07 bits per heavy atom. The van der Waals surface area contributed by atoms with Crippen molar-refractivity contribution in [1.29, 1.82) is 0 Å². The smallest absolute Gasteiger partial charge is 0.0897 e. The summed E-state index contributed by atoms with van der Waals surface area (Å²) in [6, 6.07) is 0. The van der Waals surface area contributed by atoms with Crippen LogP contribution in [-0.4, -0.2) is 32.6 Å². The number of nitrogens with one attached hydrogen (secondary N) is 1. The Labute approximate surface area is 97.2 Å². The van der Waals surface area contributed by atoms with E-state index in [4.69, 9.17) is 4.74 Å². The van der Waals surface area contributed by atoms with E-state index in [1.165, 1.54) is 10.5 Å². The highest BCUT2D eigenvalue weighted by molar-refractivity contribution is 8.02. The molecule has 0 amide bonds. The molecule has 0 aliphatic carbocycles. The van der Waals surface area contributed by atoms with Crippen LogP contribution in [0.3, 0.4) is 0 Å². The average molecular weight is 227 g/mol. The monoisotopic (exact) mass is 227 g/mol. The highest BCUT2D eigenvalue weighted by Crippen LogP contribution is 2.30. The van der Waals surface area contributed by atoms with Crippen LogP contribution in [0.1, 0.15) is 19.3 Å². The summed E-state index contributed by atoms with van der Waals surface area (Å²) in [5.74, 6) is 0. The van der Waals surface area contributed by atoms with Gasteiger partial charge in [-0.2, -0.15) is 0 Å². The summed E-state index contributed by atoms with van der Waals surface area (Å²) in [6.45, 7) is 5.77. The van der Waals surface area contributed by atoms with Crippen molar-refractivity contribution in [3.63, 3.8) is 0 Å². The van der Waals surface area contributed by atoms with Gasteiger partial charge >= 0.3 is 0 Å². The molecular formula is C12H21NOS. The first-order chi connectivity index (χ1) is 7.33. The van der Waals surface area contributed by atoms with Gasteiger partial charge in [-0.05, 0) is 44.7 Å². The van der Waals surface area contributed by atoms with E-state index < -0.39 is 0 Å². The molecule has 1 aliphatic rings. The van der Waals surface area contributed by atoms with E-state index in [2.05, 4.69) is 18.2 Å². The average Bonchev–Trinajstić information content (AvgIpc) is 2.47. The van der Waals surface area contributed by atoms with Crippen LogP contribution >= 0.6 is 11.8 Å². The van der Waals surface area contributed by atoms with E-state index in [1.807, 2.05) is 13.1 Å². The fourth-order valence-electron chi connectivity index (χ4n) is 1.85. The molecule has 1 heterocycles. The highest BCUT2D eigenvalue weighted by Gasteiger charge is 2.19. The minimum atomic E-state index is 0.267. The van der Waals surface area contributed by atoms with Crippen LogP contribution < -0.4 is 5.32 Å². The van der Waals surface area contributed by atoms with Gasteiger partial charge in [-0.1, -0.05) is 12.7 Å². The van der Waals surface area contributed by atoms with E-state index in [1.54, 1.807) is 11.8 Å². The molecule has 0 saturated carbocycles. The maximum atomic E-state index is 5.87. The molecule has 2 nitrogen and oxygen atoms in total. The lowest BCUT2D eigenvalue weighted by Gasteiger charge is -2.19. The SMILES string of the molecule is C=CC1=C(SC)C(CCNC)OCCC1. The Morgan fingerprint density at radius 2 is 2.47 bits per heavy atom. The highest BCUT2D eigenvalue weighted by atomic mass is 32.2. The largest absolute Gasteiger partial charge is 0.373 e.